The van der Waals surface area contributed by atoms with Gasteiger partial charge in [0.15, 0.2) is 0 Å². The van der Waals surface area contributed by atoms with Crippen molar-refractivity contribution in [2.24, 2.45) is 5.92 Å². The van der Waals surface area contributed by atoms with Crippen LogP contribution in [0.2, 0.25) is 0 Å². The molecular formula is C12H14N4O. The highest BCUT2D eigenvalue weighted by Gasteiger charge is 2.15. The van der Waals surface area contributed by atoms with Crippen LogP contribution in [-0.2, 0) is 0 Å². The molecular weight excluding hydrogens is 216 g/mol. The van der Waals surface area contributed by atoms with Gasteiger partial charge in [-0.15, -0.1) is 5.10 Å². The topological polar surface area (TPSA) is 59.9 Å². The molecule has 0 radical (unpaired) electrons. The molecule has 5 heteroatoms. The Balaban J connectivity index is 1.72. The van der Waals surface area contributed by atoms with Crippen LogP contribution in [0.15, 0.2) is 24.3 Å². The van der Waals surface area contributed by atoms with E-state index in [1.807, 2.05) is 24.3 Å². The molecule has 1 N–H and O–H groups in total. The van der Waals surface area contributed by atoms with Gasteiger partial charge in [-0.05, 0) is 25.1 Å². The molecule has 3 rings (SSSR count). The van der Waals surface area contributed by atoms with E-state index in [1.54, 1.807) is 0 Å². The highest BCUT2D eigenvalue weighted by molar-refractivity contribution is 5.73. The van der Waals surface area contributed by atoms with Crippen molar-refractivity contribution in [3.63, 3.8) is 0 Å². The Morgan fingerprint density at radius 3 is 2.94 bits per heavy atom. The molecule has 0 spiro atoms. The number of hydrogen-bond acceptors (Lipinski definition) is 5. The van der Waals surface area contributed by atoms with Crippen LogP contribution in [-0.4, -0.2) is 34.9 Å². The molecule has 17 heavy (non-hydrogen) atoms. The third-order valence-electron chi connectivity index (χ3n) is 2.95. The fraction of sp³-hybridized carbons (Fsp3) is 0.417. The van der Waals surface area contributed by atoms with Gasteiger partial charge < -0.3 is 10.1 Å². The van der Waals surface area contributed by atoms with Gasteiger partial charge in [-0.1, -0.05) is 17.2 Å². The van der Waals surface area contributed by atoms with E-state index in [0.717, 1.165) is 30.5 Å². The highest BCUT2D eigenvalue weighted by Crippen LogP contribution is 2.12. The quantitative estimate of drug-likeness (QED) is 0.852. The molecule has 0 saturated carbocycles. The standard InChI is InChI=1S/C12H14N4O/c1-2-4-11-10(3-1)14-12(16-15-11)17-8-9-5-6-13-7-9/h1-4,9,13H,5-8H2. The second-order valence-electron chi connectivity index (χ2n) is 4.25. The maximum absolute atomic E-state index is 5.57. The summed E-state index contributed by atoms with van der Waals surface area (Å²) in [5, 5.41) is 11.3. The molecule has 1 aliphatic rings. The van der Waals surface area contributed by atoms with Crippen LogP contribution in [0.3, 0.4) is 0 Å². The number of rotatable bonds is 3. The van der Waals surface area contributed by atoms with Gasteiger partial charge in [-0.3, -0.25) is 0 Å². The SMILES string of the molecule is c1ccc2nc(OCC3CCNC3)nnc2c1. The van der Waals surface area contributed by atoms with Gasteiger partial charge in [0.25, 0.3) is 0 Å². The van der Waals surface area contributed by atoms with Crippen molar-refractivity contribution in [1.82, 2.24) is 20.5 Å². The highest BCUT2D eigenvalue weighted by atomic mass is 16.5. The zero-order valence-corrected chi connectivity index (χ0v) is 9.47. The zero-order valence-electron chi connectivity index (χ0n) is 9.47. The third kappa shape index (κ3) is 2.34. The Hall–Kier alpha value is -1.75. The number of hydrogen-bond donors (Lipinski definition) is 1. The van der Waals surface area contributed by atoms with Gasteiger partial charge in [-0.25, -0.2) is 0 Å². The Morgan fingerprint density at radius 1 is 1.24 bits per heavy atom. The molecule has 1 aliphatic heterocycles. The number of benzene rings is 1. The van der Waals surface area contributed by atoms with Gasteiger partial charge in [0.05, 0.1) is 12.1 Å². The number of nitrogens with one attached hydrogen (secondary N) is 1. The molecule has 2 heterocycles. The molecule has 0 aliphatic carbocycles. The molecule has 1 saturated heterocycles. The van der Waals surface area contributed by atoms with Crippen molar-refractivity contribution in [1.29, 1.82) is 0 Å². The Morgan fingerprint density at radius 2 is 2.12 bits per heavy atom. The number of ether oxygens (including phenoxy) is 1. The van der Waals surface area contributed by atoms with Crippen molar-refractivity contribution in [3.05, 3.63) is 24.3 Å². The number of nitrogens with zero attached hydrogens (tertiary/aromatic N) is 3. The molecule has 88 valence electrons. The van der Waals surface area contributed by atoms with Gasteiger partial charge in [0.2, 0.25) is 0 Å². The smallest absolute Gasteiger partial charge is 0.336 e. The number of fused-ring (bicyclic) bond motifs is 1. The lowest BCUT2D eigenvalue weighted by atomic mass is 10.1. The first-order valence-electron chi connectivity index (χ1n) is 5.85. The lowest BCUT2D eigenvalue weighted by Gasteiger charge is -2.08. The van der Waals surface area contributed by atoms with Gasteiger partial charge in [-0.2, -0.15) is 4.98 Å². The van der Waals surface area contributed by atoms with E-state index in [1.165, 1.54) is 0 Å². The summed E-state index contributed by atoms with van der Waals surface area (Å²) in [7, 11) is 0. The fourth-order valence-corrected chi connectivity index (χ4v) is 1.98. The average molecular weight is 230 g/mol. The minimum atomic E-state index is 0.371. The third-order valence-corrected chi connectivity index (χ3v) is 2.95. The summed E-state index contributed by atoms with van der Waals surface area (Å²) in [5.74, 6) is 0.560. The molecule has 1 aromatic heterocycles. The lowest BCUT2D eigenvalue weighted by molar-refractivity contribution is 0.239. The summed E-state index contributed by atoms with van der Waals surface area (Å²) in [4.78, 5) is 4.32. The first kappa shape index (κ1) is 10.4. The maximum atomic E-state index is 5.57. The first-order valence-corrected chi connectivity index (χ1v) is 5.85. The van der Waals surface area contributed by atoms with E-state index in [0.29, 0.717) is 18.5 Å². The van der Waals surface area contributed by atoms with E-state index < -0.39 is 0 Å². The molecule has 1 fully saturated rings. The number of aromatic nitrogens is 3. The van der Waals surface area contributed by atoms with Crippen LogP contribution < -0.4 is 10.1 Å². The van der Waals surface area contributed by atoms with E-state index in [4.69, 9.17) is 4.74 Å². The summed E-state index contributed by atoms with van der Waals surface area (Å²) in [5.41, 5.74) is 1.62. The zero-order chi connectivity index (χ0) is 11.5. The molecule has 0 bridgehead atoms. The van der Waals surface area contributed by atoms with Crippen molar-refractivity contribution in [2.75, 3.05) is 19.7 Å². The van der Waals surface area contributed by atoms with Crippen LogP contribution >= 0.6 is 0 Å². The summed E-state index contributed by atoms with van der Waals surface area (Å²) < 4.78 is 5.57. The van der Waals surface area contributed by atoms with Crippen LogP contribution in [0.25, 0.3) is 11.0 Å². The van der Waals surface area contributed by atoms with Gasteiger partial charge in [0, 0.05) is 12.5 Å². The van der Waals surface area contributed by atoms with Crippen molar-refractivity contribution < 1.29 is 4.74 Å². The summed E-state index contributed by atoms with van der Waals surface area (Å²) in [6, 6.07) is 8.02. The summed E-state index contributed by atoms with van der Waals surface area (Å²) in [6.07, 6.45) is 1.15. The molecule has 0 amide bonds. The van der Waals surface area contributed by atoms with Gasteiger partial charge >= 0.3 is 6.01 Å². The molecule has 1 unspecified atom stereocenters. The monoisotopic (exact) mass is 230 g/mol. The maximum Gasteiger partial charge on any atom is 0.336 e. The van der Waals surface area contributed by atoms with Gasteiger partial charge in [0.1, 0.15) is 5.52 Å². The van der Waals surface area contributed by atoms with Crippen LogP contribution in [0.4, 0.5) is 0 Å². The molecule has 1 aromatic carbocycles. The summed E-state index contributed by atoms with van der Waals surface area (Å²) in [6.45, 7) is 2.75. The number of para-hydroxylation sites is 1. The molecule has 5 nitrogen and oxygen atoms in total. The van der Waals surface area contributed by atoms with E-state index >= 15 is 0 Å². The van der Waals surface area contributed by atoms with E-state index in [-0.39, 0.29) is 0 Å². The second-order valence-corrected chi connectivity index (χ2v) is 4.25. The van der Waals surface area contributed by atoms with Crippen molar-refractivity contribution in [2.45, 2.75) is 6.42 Å². The Kier molecular flexibility index (Phi) is 2.83. The van der Waals surface area contributed by atoms with Crippen LogP contribution in [0, 0.1) is 5.92 Å². The van der Waals surface area contributed by atoms with E-state index in [9.17, 15) is 0 Å². The average Bonchev–Trinajstić information content (AvgIpc) is 2.89. The lowest BCUT2D eigenvalue weighted by Crippen LogP contribution is -2.16. The van der Waals surface area contributed by atoms with Crippen molar-refractivity contribution >= 4 is 11.0 Å². The molecule has 2 aromatic rings. The Labute approximate surface area is 99.2 Å². The largest absolute Gasteiger partial charge is 0.462 e. The van der Waals surface area contributed by atoms with Crippen molar-refractivity contribution in [3.8, 4) is 6.01 Å². The second kappa shape index (κ2) is 4.63. The predicted molar refractivity (Wildman–Crippen MR) is 63.8 cm³/mol. The Bertz CT molecular complexity index is 511. The van der Waals surface area contributed by atoms with Crippen LogP contribution in [0.1, 0.15) is 6.42 Å². The van der Waals surface area contributed by atoms with Crippen LogP contribution in [0.5, 0.6) is 6.01 Å². The minimum absolute atomic E-state index is 0.371. The normalized spacial score (nSPS) is 19.6. The van der Waals surface area contributed by atoms with E-state index in [2.05, 4.69) is 20.5 Å². The predicted octanol–water partition coefficient (Wildman–Crippen LogP) is 1.01. The molecule has 1 atom stereocenters. The fourth-order valence-electron chi connectivity index (χ4n) is 1.98. The minimum Gasteiger partial charge on any atom is -0.462 e. The summed E-state index contributed by atoms with van der Waals surface area (Å²) >= 11 is 0. The first-order chi connectivity index (χ1) is 8.42.